The second-order valence-corrected chi connectivity index (χ2v) is 9.58. The second kappa shape index (κ2) is 10.8. The van der Waals surface area contributed by atoms with Gasteiger partial charge in [-0.15, -0.1) is 17.0 Å². The maximum Gasteiger partial charge on any atom is 0.197 e. The normalized spacial score (nSPS) is 12.8. The summed E-state index contributed by atoms with van der Waals surface area (Å²) >= 11 is 0. The summed E-state index contributed by atoms with van der Waals surface area (Å²) in [4.78, 5) is 16.6. The van der Waals surface area contributed by atoms with E-state index < -0.39 is 5.82 Å². The molecule has 1 aliphatic heterocycles. The molecule has 0 aromatic heterocycles. The molecule has 2 aromatic rings. The highest BCUT2D eigenvalue weighted by Crippen LogP contribution is 2.40. The molecule has 1 heterocycles. The zero-order valence-electron chi connectivity index (χ0n) is 21.4. The van der Waals surface area contributed by atoms with Gasteiger partial charge in [0.15, 0.2) is 23.1 Å². The summed E-state index contributed by atoms with van der Waals surface area (Å²) < 4.78 is 26.3. The van der Waals surface area contributed by atoms with Crippen molar-refractivity contribution in [2.24, 2.45) is 0 Å². The van der Waals surface area contributed by atoms with Crippen LogP contribution in [0, 0.1) is 11.2 Å². The molecular weight excluding hydrogens is 517 g/mol. The Morgan fingerprint density at radius 1 is 1.17 bits per heavy atom. The molecule has 0 bridgehead atoms. The molecule has 2 aromatic carbocycles. The third-order valence-corrected chi connectivity index (χ3v) is 5.81. The summed E-state index contributed by atoms with van der Waals surface area (Å²) in [7, 11) is 3.61. The summed E-state index contributed by atoms with van der Waals surface area (Å²) in [6.45, 7) is 10.2. The Hall–Kier alpha value is -2.81. The third kappa shape index (κ3) is 5.55. The monoisotopic (exact) mass is 551 g/mol. The predicted molar refractivity (Wildman–Crippen MR) is 142 cm³/mol. The van der Waals surface area contributed by atoms with Gasteiger partial charge in [0.2, 0.25) is 0 Å². The van der Waals surface area contributed by atoms with Gasteiger partial charge in [-0.25, -0.2) is 4.39 Å². The van der Waals surface area contributed by atoms with Crippen molar-refractivity contribution >= 4 is 34.3 Å². The van der Waals surface area contributed by atoms with Crippen LogP contribution in [0.15, 0.2) is 18.2 Å². The Kier molecular flexibility index (Phi) is 8.81. The molecule has 2 N–H and O–H groups in total. The number of phenolic OH excluding ortho intramolecular Hbond substituents is 1. The molecule has 35 heavy (non-hydrogen) atoms. The fourth-order valence-electron chi connectivity index (χ4n) is 4.12. The molecule has 0 aliphatic carbocycles. The topological polar surface area (TPSA) is 86.1 Å². The van der Waals surface area contributed by atoms with Crippen LogP contribution in [0.3, 0.4) is 0 Å². The fourth-order valence-corrected chi connectivity index (χ4v) is 4.12. The van der Waals surface area contributed by atoms with Crippen LogP contribution in [0.4, 0.5) is 10.1 Å². The summed E-state index contributed by atoms with van der Waals surface area (Å²) in [5, 5.41) is 19.3. The van der Waals surface area contributed by atoms with Crippen molar-refractivity contribution in [3.8, 4) is 17.2 Å². The van der Waals surface area contributed by atoms with E-state index in [2.05, 4.69) is 0 Å². The Bertz CT molecular complexity index is 1130. The lowest BCUT2D eigenvalue weighted by molar-refractivity contribution is 0.0962. The number of nitrogens with zero attached hydrogens (tertiary/aromatic N) is 2. The number of fused-ring (bicyclic) bond motifs is 1. The van der Waals surface area contributed by atoms with Crippen molar-refractivity contribution in [3.63, 3.8) is 0 Å². The minimum Gasteiger partial charge on any atom is -0.505 e. The number of carbonyl (C=O) groups is 1. The number of halogens is 2. The summed E-state index contributed by atoms with van der Waals surface area (Å²) in [6, 6.07) is 5.05. The molecule has 0 atom stereocenters. The molecule has 0 saturated heterocycles. The highest BCUT2D eigenvalue weighted by molar-refractivity contribution is 8.93. The average molecular weight is 552 g/mol. The molecule has 7 nitrogen and oxygen atoms in total. The van der Waals surface area contributed by atoms with Crippen LogP contribution in [0.1, 0.15) is 61.7 Å². The van der Waals surface area contributed by atoms with Crippen molar-refractivity contribution in [1.82, 2.24) is 4.90 Å². The smallest absolute Gasteiger partial charge is 0.197 e. The first kappa shape index (κ1) is 28.4. The number of ether oxygens (including phenoxy) is 2. The van der Waals surface area contributed by atoms with Crippen LogP contribution in [-0.4, -0.2) is 55.5 Å². The first-order chi connectivity index (χ1) is 15.9. The Labute approximate surface area is 217 Å². The fraction of sp³-hybridized carbons (Fsp3) is 0.462. The molecule has 3 rings (SSSR count). The van der Waals surface area contributed by atoms with Crippen molar-refractivity contribution in [1.29, 1.82) is 5.41 Å². The number of Topliss-reactive ketones (excluding diaryl/α,β-unsaturated/α-hetero) is 1. The van der Waals surface area contributed by atoms with E-state index >= 15 is 4.39 Å². The maximum atomic E-state index is 15.3. The number of rotatable bonds is 8. The Morgan fingerprint density at radius 3 is 2.34 bits per heavy atom. The number of hydrogen-bond acceptors (Lipinski definition) is 6. The molecule has 192 valence electrons. The lowest BCUT2D eigenvalue weighted by Crippen LogP contribution is -2.31. The van der Waals surface area contributed by atoms with Gasteiger partial charge in [0.05, 0.1) is 31.0 Å². The SMILES string of the molecule is Br.CCOc1cc2c(c(F)c1OCC)C(=N)N(CC(=O)c1cc(N(C)C)c(O)c(C(C)(C)C)c1)C2. The first-order valence-electron chi connectivity index (χ1n) is 11.4. The summed E-state index contributed by atoms with van der Waals surface area (Å²) in [5.74, 6) is -0.494. The largest absolute Gasteiger partial charge is 0.505 e. The number of carbonyl (C=O) groups excluding carboxylic acids is 1. The highest BCUT2D eigenvalue weighted by Gasteiger charge is 2.33. The van der Waals surface area contributed by atoms with Gasteiger partial charge >= 0.3 is 0 Å². The van der Waals surface area contributed by atoms with Crippen molar-refractivity contribution in [2.45, 2.75) is 46.6 Å². The highest BCUT2D eigenvalue weighted by atomic mass is 79.9. The van der Waals surface area contributed by atoms with Gasteiger partial charge in [0, 0.05) is 31.8 Å². The van der Waals surface area contributed by atoms with E-state index in [9.17, 15) is 9.90 Å². The molecule has 1 aliphatic rings. The van der Waals surface area contributed by atoms with Gasteiger partial charge in [-0.2, -0.15) is 0 Å². The Morgan fingerprint density at radius 2 is 1.80 bits per heavy atom. The molecule has 0 spiro atoms. The average Bonchev–Trinajstić information content (AvgIpc) is 3.05. The lowest BCUT2D eigenvalue weighted by atomic mass is 9.84. The lowest BCUT2D eigenvalue weighted by Gasteiger charge is -2.26. The van der Waals surface area contributed by atoms with Crippen LogP contribution >= 0.6 is 17.0 Å². The van der Waals surface area contributed by atoms with Crippen LogP contribution in [0.25, 0.3) is 0 Å². The molecule has 0 unspecified atom stereocenters. The van der Waals surface area contributed by atoms with Crippen LogP contribution in [0.2, 0.25) is 0 Å². The van der Waals surface area contributed by atoms with Gasteiger partial charge in [-0.3, -0.25) is 10.2 Å². The number of aromatic hydroxyl groups is 1. The van der Waals surface area contributed by atoms with Crippen LogP contribution in [0.5, 0.6) is 17.2 Å². The first-order valence-corrected chi connectivity index (χ1v) is 11.4. The van der Waals surface area contributed by atoms with Crippen molar-refractivity contribution in [2.75, 3.05) is 38.8 Å². The van der Waals surface area contributed by atoms with Crippen molar-refractivity contribution < 1.29 is 23.8 Å². The predicted octanol–water partition coefficient (Wildman–Crippen LogP) is 5.29. The molecule has 0 fully saturated rings. The van der Waals surface area contributed by atoms with Gasteiger partial charge in [0.25, 0.3) is 0 Å². The van der Waals surface area contributed by atoms with Crippen molar-refractivity contribution in [3.05, 3.63) is 46.3 Å². The van der Waals surface area contributed by atoms with Gasteiger partial charge < -0.3 is 24.4 Å². The summed E-state index contributed by atoms with van der Waals surface area (Å²) in [6.07, 6.45) is 0. The zero-order valence-corrected chi connectivity index (χ0v) is 23.1. The standard InChI is InChI=1S/C26H34FN3O4.BrH/c1-8-33-20-12-16-13-30(25(28)21(16)22(27)24(20)34-9-2)14-19(31)15-10-17(26(3,4)5)23(32)18(11-15)29(6)7;/h10-12,28,32H,8-9,13-14H2,1-7H3;1H. The Balaban J connectivity index is 0.00000432. The van der Waals surface area contributed by atoms with E-state index in [0.29, 0.717) is 34.7 Å². The molecule has 9 heteroatoms. The van der Waals surface area contributed by atoms with Crippen LogP contribution < -0.4 is 14.4 Å². The van der Waals surface area contributed by atoms with Crippen LogP contribution in [-0.2, 0) is 12.0 Å². The van der Waals surface area contributed by atoms with E-state index in [0.717, 1.165) is 0 Å². The maximum absolute atomic E-state index is 15.3. The molecule has 0 saturated carbocycles. The van der Waals surface area contributed by atoms with Gasteiger partial charge in [-0.1, -0.05) is 20.8 Å². The zero-order chi connectivity index (χ0) is 25.4. The van der Waals surface area contributed by atoms with E-state index in [1.54, 1.807) is 55.9 Å². The molecular formula is C26H35BrFN3O4. The minimum absolute atomic E-state index is 0. The number of nitrogens with one attached hydrogen (secondary N) is 1. The minimum atomic E-state index is -0.641. The molecule has 0 amide bonds. The quantitative estimate of drug-likeness (QED) is 0.433. The third-order valence-electron chi connectivity index (χ3n) is 5.81. The van der Waals surface area contributed by atoms with E-state index in [-0.39, 0.29) is 70.8 Å². The van der Waals surface area contributed by atoms with E-state index in [1.807, 2.05) is 20.8 Å². The van der Waals surface area contributed by atoms with Gasteiger partial charge in [-0.05, 0) is 43.0 Å². The summed E-state index contributed by atoms with van der Waals surface area (Å²) in [5.41, 5.74) is 1.98. The number of hydrogen-bond donors (Lipinski definition) is 2. The van der Waals surface area contributed by atoms with E-state index in [4.69, 9.17) is 14.9 Å². The number of phenols is 1. The second-order valence-electron chi connectivity index (χ2n) is 9.58. The number of anilines is 1. The molecule has 0 radical (unpaired) electrons. The van der Waals surface area contributed by atoms with E-state index in [1.165, 1.54) is 0 Å². The van der Waals surface area contributed by atoms with Gasteiger partial charge in [0.1, 0.15) is 11.6 Å². The number of amidine groups is 1. The number of benzene rings is 2. The number of ketones is 1.